The van der Waals surface area contributed by atoms with E-state index < -0.39 is 17.9 Å². The summed E-state index contributed by atoms with van der Waals surface area (Å²) in [4.78, 5) is 23.2. The van der Waals surface area contributed by atoms with Crippen molar-refractivity contribution in [2.24, 2.45) is 0 Å². The van der Waals surface area contributed by atoms with Crippen LogP contribution in [0.25, 0.3) is 6.08 Å². The number of rotatable bonds is 8. The summed E-state index contributed by atoms with van der Waals surface area (Å²) in [6.45, 7) is 1.98. The molecule has 0 aliphatic carbocycles. The average Bonchev–Trinajstić information content (AvgIpc) is 2.52. The first kappa shape index (κ1) is 17.8. The fourth-order valence-electron chi connectivity index (χ4n) is 1.70. The van der Waals surface area contributed by atoms with Crippen LogP contribution in [0.2, 0.25) is 0 Å². The summed E-state index contributed by atoms with van der Waals surface area (Å²) in [5, 5.41) is 20.6. The Hall–Kier alpha value is -2.26. The third-order valence-corrected chi connectivity index (χ3v) is 3.77. The van der Waals surface area contributed by atoms with Crippen LogP contribution in [0, 0.1) is 11.3 Å². The number of nitrogens with zero attached hydrogens (tertiary/aromatic N) is 1. The van der Waals surface area contributed by atoms with Crippen LogP contribution in [0.5, 0.6) is 0 Å². The van der Waals surface area contributed by atoms with Gasteiger partial charge in [-0.15, -0.1) is 0 Å². The summed E-state index contributed by atoms with van der Waals surface area (Å²) in [5.41, 5.74) is 0.600. The molecule has 0 spiro atoms. The zero-order valence-corrected chi connectivity index (χ0v) is 13.1. The van der Waals surface area contributed by atoms with E-state index in [0.717, 1.165) is 5.75 Å². The minimum atomic E-state index is -1.10. The van der Waals surface area contributed by atoms with Crippen molar-refractivity contribution in [1.82, 2.24) is 5.32 Å². The van der Waals surface area contributed by atoms with Crippen LogP contribution in [0.15, 0.2) is 35.9 Å². The summed E-state index contributed by atoms with van der Waals surface area (Å²) in [6, 6.07) is 9.76. The van der Waals surface area contributed by atoms with E-state index in [1.807, 2.05) is 19.1 Å². The van der Waals surface area contributed by atoms with E-state index in [0.29, 0.717) is 17.7 Å². The van der Waals surface area contributed by atoms with Crippen LogP contribution < -0.4 is 5.32 Å². The molecule has 0 heterocycles. The zero-order chi connectivity index (χ0) is 16.4. The van der Waals surface area contributed by atoms with Gasteiger partial charge in [-0.2, -0.15) is 17.0 Å². The Morgan fingerprint density at radius 2 is 2.09 bits per heavy atom. The average molecular weight is 318 g/mol. The Morgan fingerprint density at radius 1 is 1.41 bits per heavy atom. The van der Waals surface area contributed by atoms with Crippen LogP contribution in [0.4, 0.5) is 0 Å². The highest BCUT2D eigenvalue weighted by Crippen LogP contribution is 2.08. The van der Waals surface area contributed by atoms with Gasteiger partial charge in [-0.1, -0.05) is 37.3 Å². The predicted molar refractivity (Wildman–Crippen MR) is 87.2 cm³/mol. The van der Waals surface area contributed by atoms with Gasteiger partial charge < -0.3 is 10.4 Å². The molecule has 0 bridgehead atoms. The molecule has 0 saturated heterocycles. The van der Waals surface area contributed by atoms with Crippen molar-refractivity contribution in [3.63, 3.8) is 0 Å². The maximum Gasteiger partial charge on any atom is 0.326 e. The Labute approximate surface area is 134 Å². The molecule has 6 heteroatoms. The van der Waals surface area contributed by atoms with E-state index in [9.17, 15) is 9.59 Å². The number of hydrogen-bond acceptors (Lipinski definition) is 4. The second kappa shape index (κ2) is 9.64. The Morgan fingerprint density at radius 3 is 2.64 bits per heavy atom. The van der Waals surface area contributed by atoms with Crippen molar-refractivity contribution in [2.75, 3.05) is 11.5 Å². The third kappa shape index (κ3) is 6.02. The quantitative estimate of drug-likeness (QED) is 0.436. The SMILES string of the molecule is CCSCCC(NC(=O)/C(C#N)=C/c1ccccc1)C(=O)O. The number of benzene rings is 1. The fraction of sp³-hybridized carbons (Fsp3) is 0.312. The van der Waals surface area contributed by atoms with Crippen molar-refractivity contribution in [3.05, 3.63) is 41.5 Å². The van der Waals surface area contributed by atoms with E-state index in [2.05, 4.69) is 5.32 Å². The monoisotopic (exact) mass is 318 g/mol. The maximum absolute atomic E-state index is 12.1. The molecule has 1 atom stereocenters. The van der Waals surface area contributed by atoms with Crippen molar-refractivity contribution in [3.8, 4) is 6.07 Å². The molecule has 0 aliphatic heterocycles. The summed E-state index contributed by atoms with van der Waals surface area (Å²) < 4.78 is 0. The van der Waals surface area contributed by atoms with E-state index >= 15 is 0 Å². The number of carboxylic acids is 1. The van der Waals surface area contributed by atoms with Gasteiger partial charge in [0.05, 0.1) is 0 Å². The molecule has 116 valence electrons. The van der Waals surface area contributed by atoms with Crippen LogP contribution >= 0.6 is 11.8 Å². The molecule has 22 heavy (non-hydrogen) atoms. The number of carbonyl (C=O) groups is 2. The number of aliphatic carboxylic acids is 1. The number of nitrogens with one attached hydrogen (secondary N) is 1. The lowest BCUT2D eigenvalue weighted by atomic mass is 10.1. The normalized spacial score (nSPS) is 12.3. The number of nitriles is 1. The molecule has 0 fully saturated rings. The van der Waals surface area contributed by atoms with Crippen molar-refractivity contribution < 1.29 is 14.7 Å². The number of thioether (sulfide) groups is 1. The van der Waals surface area contributed by atoms with Gasteiger partial charge in [0.2, 0.25) is 0 Å². The molecule has 1 aromatic carbocycles. The van der Waals surface area contributed by atoms with Gasteiger partial charge in [-0.3, -0.25) is 4.79 Å². The maximum atomic E-state index is 12.1. The topological polar surface area (TPSA) is 90.2 Å². The summed E-state index contributed by atoms with van der Waals surface area (Å²) in [5.74, 6) is -0.238. The highest BCUT2D eigenvalue weighted by molar-refractivity contribution is 7.99. The lowest BCUT2D eigenvalue weighted by Crippen LogP contribution is -2.41. The largest absolute Gasteiger partial charge is 0.480 e. The molecule has 0 aromatic heterocycles. The number of hydrogen-bond donors (Lipinski definition) is 2. The first-order chi connectivity index (χ1) is 10.6. The second-order valence-electron chi connectivity index (χ2n) is 4.43. The van der Waals surface area contributed by atoms with Crippen LogP contribution in [0.1, 0.15) is 18.9 Å². The van der Waals surface area contributed by atoms with Crippen LogP contribution in [-0.2, 0) is 9.59 Å². The molecule has 0 saturated carbocycles. The molecule has 1 rings (SSSR count). The zero-order valence-electron chi connectivity index (χ0n) is 12.3. The number of carbonyl (C=O) groups excluding carboxylic acids is 1. The van der Waals surface area contributed by atoms with Crippen molar-refractivity contribution in [2.45, 2.75) is 19.4 Å². The van der Waals surface area contributed by atoms with Gasteiger partial charge in [-0.25, -0.2) is 4.79 Å². The smallest absolute Gasteiger partial charge is 0.326 e. The molecule has 0 radical (unpaired) electrons. The van der Waals surface area contributed by atoms with Crippen molar-refractivity contribution >= 4 is 29.7 Å². The first-order valence-electron chi connectivity index (χ1n) is 6.86. The molecule has 1 unspecified atom stereocenters. The molecule has 5 nitrogen and oxygen atoms in total. The Kier molecular flexibility index (Phi) is 7.79. The molecular weight excluding hydrogens is 300 g/mol. The van der Waals surface area contributed by atoms with Gasteiger partial charge in [0, 0.05) is 0 Å². The minimum absolute atomic E-state index is 0.111. The Balaban J connectivity index is 2.76. The fourth-order valence-corrected chi connectivity index (χ4v) is 2.39. The van der Waals surface area contributed by atoms with Crippen molar-refractivity contribution in [1.29, 1.82) is 5.26 Å². The minimum Gasteiger partial charge on any atom is -0.480 e. The summed E-state index contributed by atoms with van der Waals surface area (Å²) in [6.07, 6.45) is 1.76. The van der Waals surface area contributed by atoms with Crippen LogP contribution in [0.3, 0.4) is 0 Å². The molecular formula is C16H18N2O3S. The molecule has 0 aliphatic rings. The van der Waals surface area contributed by atoms with Crippen LogP contribution in [-0.4, -0.2) is 34.5 Å². The third-order valence-electron chi connectivity index (χ3n) is 2.83. The molecule has 1 aromatic rings. The highest BCUT2D eigenvalue weighted by atomic mass is 32.2. The van der Waals surface area contributed by atoms with Gasteiger partial charge >= 0.3 is 5.97 Å². The summed E-state index contributed by atoms with van der Waals surface area (Å²) >= 11 is 1.60. The van der Waals surface area contributed by atoms with Gasteiger partial charge in [0.15, 0.2) is 0 Å². The van der Waals surface area contributed by atoms with Gasteiger partial charge in [0.25, 0.3) is 5.91 Å². The van der Waals surface area contributed by atoms with E-state index in [1.54, 1.807) is 36.0 Å². The first-order valence-corrected chi connectivity index (χ1v) is 8.02. The van der Waals surface area contributed by atoms with Gasteiger partial charge in [0.1, 0.15) is 17.7 Å². The van der Waals surface area contributed by atoms with E-state index in [-0.39, 0.29) is 5.57 Å². The molecule has 1 amide bonds. The van der Waals surface area contributed by atoms with E-state index in [4.69, 9.17) is 10.4 Å². The second-order valence-corrected chi connectivity index (χ2v) is 5.82. The highest BCUT2D eigenvalue weighted by Gasteiger charge is 2.21. The van der Waals surface area contributed by atoms with E-state index in [1.165, 1.54) is 6.08 Å². The lowest BCUT2D eigenvalue weighted by Gasteiger charge is -2.13. The predicted octanol–water partition coefficient (Wildman–Crippen LogP) is 2.31. The summed E-state index contributed by atoms with van der Waals surface area (Å²) in [7, 11) is 0. The lowest BCUT2D eigenvalue weighted by molar-refractivity contribution is -0.141. The number of carboxylic acid groups (broad SMARTS) is 1. The standard InChI is InChI=1S/C16H18N2O3S/c1-2-22-9-8-14(16(20)21)18-15(19)13(11-17)10-12-6-4-3-5-7-12/h3-7,10,14H,2,8-9H2,1H3,(H,18,19)(H,20,21)/b13-10+. The molecule has 2 N–H and O–H groups in total. The Bertz CT molecular complexity index is 579. The number of amides is 1. The van der Waals surface area contributed by atoms with Gasteiger partial charge in [-0.05, 0) is 29.6 Å².